The topological polar surface area (TPSA) is 111 Å². The van der Waals surface area contributed by atoms with Gasteiger partial charge in [-0.3, -0.25) is 9.59 Å². The lowest BCUT2D eigenvalue weighted by atomic mass is 10.0. The minimum absolute atomic E-state index is 0.126. The fraction of sp³-hybridized carbons (Fsp3) is 0.769. The van der Waals surface area contributed by atoms with Gasteiger partial charge in [-0.05, 0) is 33.6 Å². The maximum absolute atomic E-state index is 11.5. The molecule has 1 unspecified atom stereocenters. The molecule has 1 atom stereocenters. The Hall–Kier alpha value is -1.83. The standard InChI is InChI=1S/C13H23NO7/c1-13(2,3)21-12(18)14-7-5-6-9(10(16)19-4)11(17)20-8-15/h9,15H,5-8H2,1-4H3,(H,14,18). The molecule has 0 aliphatic rings. The predicted molar refractivity (Wildman–Crippen MR) is 72.2 cm³/mol. The van der Waals surface area contributed by atoms with Gasteiger partial charge in [0.05, 0.1) is 7.11 Å². The Bertz CT molecular complexity index is 362. The molecule has 0 aliphatic heterocycles. The Balaban J connectivity index is 4.17. The molecule has 0 spiro atoms. The van der Waals surface area contributed by atoms with Crippen LogP contribution >= 0.6 is 0 Å². The molecule has 1 amide bonds. The normalized spacial score (nSPS) is 12.2. The molecule has 21 heavy (non-hydrogen) atoms. The van der Waals surface area contributed by atoms with Gasteiger partial charge in [0.15, 0.2) is 12.7 Å². The summed E-state index contributed by atoms with van der Waals surface area (Å²) in [6, 6.07) is 0. The van der Waals surface area contributed by atoms with Gasteiger partial charge in [-0.25, -0.2) is 4.79 Å². The lowest BCUT2D eigenvalue weighted by molar-refractivity contribution is -0.166. The molecule has 0 bridgehead atoms. The number of alkyl carbamates (subject to hydrolysis) is 1. The first-order valence-electron chi connectivity index (χ1n) is 6.53. The van der Waals surface area contributed by atoms with Crippen molar-refractivity contribution in [2.75, 3.05) is 20.4 Å². The number of nitrogens with one attached hydrogen (secondary N) is 1. The molecule has 0 rings (SSSR count). The first-order valence-corrected chi connectivity index (χ1v) is 6.53. The summed E-state index contributed by atoms with van der Waals surface area (Å²) in [6.45, 7) is 4.65. The van der Waals surface area contributed by atoms with Gasteiger partial charge in [-0.2, -0.15) is 0 Å². The smallest absolute Gasteiger partial charge is 0.407 e. The average Bonchev–Trinajstić information content (AvgIpc) is 2.36. The van der Waals surface area contributed by atoms with Crippen LogP contribution < -0.4 is 5.32 Å². The van der Waals surface area contributed by atoms with Crippen LogP contribution in [0.25, 0.3) is 0 Å². The van der Waals surface area contributed by atoms with Gasteiger partial charge in [0.2, 0.25) is 0 Å². The number of rotatable bonds is 7. The van der Waals surface area contributed by atoms with Crippen LogP contribution in [-0.4, -0.2) is 49.2 Å². The van der Waals surface area contributed by atoms with Crippen LogP contribution in [0.3, 0.4) is 0 Å². The van der Waals surface area contributed by atoms with Crippen LogP contribution in [-0.2, 0) is 23.8 Å². The number of aliphatic hydroxyl groups is 1. The van der Waals surface area contributed by atoms with E-state index in [1.54, 1.807) is 20.8 Å². The van der Waals surface area contributed by atoms with Crippen molar-refractivity contribution in [3.05, 3.63) is 0 Å². The number of amides is 1. The summed E-state index contributed by atoms with van der Waals surface area (Å²) in [5.41, 5.74) is -0.594. The van der Waals surface area contributed by atoms with Crippen molar-refractivity contribution in [3.8, 4) is 0 Å². The summed E-state index contributed by atoms with van der Waals surface area (Å²) in [5.74, 6) is -2.73. The summed E-state index contributed by atoms with van der Waals surface area (Å²) in [7, 11) is 1.15. The molecule has 0 aliphatic carbocycles. The zero-order valence-electron chi connectivity index (χ0n) is 12.8. The molecule has 122 valence electrons. The quantitative estimate of drug-likeness (QED) is 0.232. The van der Waals surface area contributed by atoms with Crippen LogP contribution in [0.1, 0.15) is 33.6 Å². The van der Waals surface area contributed by atoms with E-state index in [9.17, 15) is 14.4 Å². The summed E-state index contributed by atoms with van der Waals surface area (Å²) >= 11 is 0. The van der Waals surface area contributed by atoms with E-state index in [4.69, 9.17) is 9.84 Å². The number of carbonyl (C=O) groups excluding carboxylic acids is 3. The first kappa shape index (κ1) is 19.2. The number of hydrogen-bond acceptors (Lipinski definition) is 7. The van der Waals surface area contributed by atoms with Gasteiger partial charge in [-0.1, -0.05) is 0 Å². The second-order valence-corrected chi connectivity index (χ2v) is 5.24. The molecular weight excluding hydrogens is 282 g/mol. The lowest BCUT2D eigenvalue weighted by Gasteiger charge is -2.19. The van der Waals surface area contributed by atoms with Gasteiger partial charge in [0.1, 0.15) is 5.60 Å². The van der Waals surface area contributed by atoms with Gasteiger partial charge in [0.25, 0.3) is 0 Å². The van der Waals surface area contributed by atoms with E-state index in [1.807, 2.05) is 0 Å². The number of carbonyl (C=O) groups is 3. The summed E-state index contributed by atoms with van der Waals surface area (Å²) < 4.78 is 13.9. The fourth-order valence-electron chi connectivity index (χ4n) is 1.45. The van der Waals surface area contributed by atoms with E-state index in [0.717, 1.165) is 7.11 Å². The van der Waals surface area contributed by atoms with E-state index in [0.29, 0.717) is 6.42 Å². The largest absolute Gasteiger partial charge is 0.468 e. The molecule has 8 nitrogen and oxygen atoms in total. The third kappa shape index (κ3) is 8.85. The molecule has 0 aromatic heterocycles. The van der Waals surface area contributed by atoms with Gasteiger partial charge < -0.3 is 24.6 Å². The number of ether oxygens (including phenoxy) is 3. The van der Waals surface area contributed by atoms with Crippen LogP contribution in [0.2, 0.25) is 0 Å². The molecule has 0 fully saturated rings. The van der Waals surface area contributed by atoms with Gasteiger partial charge >= 0.3 is 18.0 Å². The first-order chi connectivity index (χ1) is 9.71. The van der Waals surface area contributed by atoms with Crippen LogP contribution in [0.15, 0.2) is 0 Å². The Morgan fingerprint density at radius 3 is 2.29 bits per heavy atom. The third-order valence-electron chi connectivity index (χ3n) is 2.31. The molecular formula is C13H23NO7. The third-order valence-corrected chi connectivity index (χ3v) is 2.31. The van der Waals surface area contributed by atoms with E-state index in [1.165, 1.54) is 0 Å². The van der Waals surface area contributed by atoms with E-state index in [2.05, 4.69) is 14.8 Å². The zero-order chi connectivity index (χ0) is 16.5. The monoisotopic (exact) mass is 305 g/mol. The highest BCUT2D eigenvalue weighted by molar-refractivity contribution is 5.94. The maximum atomic E-state index is 11.5. The molecule has 0 saturated heterocycles. The Kier molecular flexibility index (Phi) is 8.37. The van der Waals surface area contributed by atoms with Crippen molar-refractivity contribution in [1.82, 2.24) is 5.32 Å². The molecule has 0 aromatic rings. The van der Waals surface area contributed by atoms with Gasteiger partial charge in [-0.15, -0.1) is 0 Å². The summed E-state index contributed by atoms with van der Waals surface area (Å²) in [5, 5.41) is 11.0. The number of esters is 2. The molecule has 8 heteroatoms. The highest BCUT2D eigenvalue weighted by Gasteiger charge is 2.28. The minimum atomic E-state index is -1.12. The van der Waals surface area contributed by atoms with Crippen LogP contribution in [0, 0.1) is 5.92 Å². The Morgan fingerprint density at radius 2 is 1.81 bits per heavy atom. The zero-order valence-corrected chi connectivity index (χ0v) is 12.8. The number of hydrogen-bond donors (Lipinski definition) is 2. The second-order valence-electron chi connectivity index (χ2n) is 5.24. The predicted octanol–water partition coefficient (Wildman–Crippen LogP) is 0.573. The van der Waals surface area contributed by atoms with E-state index < -0.39 is 36.3 Å². The molecule has 0 aromatic carbocycles. The minimum Gasteiger partial charge on any atom is -0.468 e. The highest BCUT2D eigenvalue weighted by atomic mass is 16.6. The molecule has 0 heterocycles. The number of aliphatic hydroxyl groups excluding tert-OH is 1. The van der Waals surface area contributed by atoms with Crippen molar-refractivity contribution in [3.63, 3.8) is 0 Å². The van der Waals surface area contributed by atoms with Crippen LogP contribution in [0.4, 0.5) is 4.79 Å². The van der Waals surface area contributed by atoms with Crippen molar-refractivity contribution < 1.29 is 33.7 Å². The summed E-state index contributed by atoms with van der Waals surface area (Å²) in [6.07, 6.45) is -0.101. The van der Waals surface area contributed by atoms with E-state index in [-0.39, 0.29) is 13.0 Å². The summed E-state index contributed by atoms with van der Waals surface area (Å²) in [4.78, 5) is 34.3. The second kappa shape index (κ2) is 9.17. The average molecular weight is 305 g/mol. The lowest BCUT2D eigenvalue weighted by Crippen LogP contribution is -2.34. The maximum Gasteiger partial charge on any atom is 0.407 e. The number of methoxy groups -OCH3 is 1. The van der Waals surface area contributed by atoms with Crippen molar-refractivity contribution in [2.24, 2.45) is 5.92 Å². The van der Waals surface area contributed by atoms with E-state index >= 15 is 0 Å². The molecule has 0 saturated carbocycles. The highest BCUT2D eigenvalue weighted by Crippen LogP contribution is 2.11. The van der Waals surface area contributed by atoms with Gasteiger partial charge in [0, 0.05) is 6.54 Å². The molecule has 0 radical (unpaired) electrons. The van der Waals surface area contributed by atoms with Crippen LogP contribution in [0.5, 0.6) is 0 Å². The van der Waals surface area contributed by atoms with Crippen molar-refractivity contribution in [1.29, 1.82) is 0 Å². The Morgan fingerprint density at radius 1 is 1.19 bits per heavy atom. The Labute approximate surface area is 123 Å². The SMILES string of the molecule is COC(=O)C(CCCNC(=O)OC(C)(C)C)C(=O)OCO. The van der Waals surface area contributed by atoms with Crippen molar-refractivity contribution in [2.45, 2.75) is 39.2 Å². The molecule has 2 N–H and O–H groups in total. The van der Waals surface area contributed by atoms with Crippen molar-refractivity contribution >= 4 is 18.0 Å². The fourth-order valence-corrected chi connectivity index (χ4v) is 1.45.